The second-order valence-corrected chi connectivity index (χ2v) is 7.91. The van der Waals surface area contributed by atoms with E-state index < -0.39 is 100 Å². The van der Waals surface area contributed by atoms with Crippen molar-refractivity contribution >= 4 is 47.8 Å². The fraction of sp³-hybridized carbons (Fsp3) is 0.600. The molecule has 0 aliphatic heterocycles. The topological polar surface area (TPSA) is 323 Å². The van der Waals surface area contributed by atoms with Crippen LogP contribution in [0.5, 0.6) is 0 Å². The molecule has 4 N–H and O–H groups in total. The Hall–Kier alpha value is -4.40. The van der Waals surface area contributed by atoms with Crippen molar-refractivity contribution in [2.24, 2.45) is 0 Å². The smallest absolute Gasteiger partial charge is 0.317 e. The highest BCUT2D eigenvalue weighted by atomic mass is 16.4. The van der Waals surface area contributed by atoms with Gasteiger partial charge in [0.15, 0.2) is 0 Å². The summed E-state index contributed by atoms with van der Waals surface area (Å²) in [4.78, 5) is 87.8. The monoisotopic (exact) mass is 580 g/mol. The molecule has 0 saturated heterocycles. The lowest BCUT2D eigenvalue weighted by atomic mass is 10.4. The molecule has 0 aliphatic rings. The molecule has 0 aromatic rings. The van der Waals surface area contributed by atoms with E-state index in [0.717, 1.165) is 19.6 Å². The Labute approximate surface area is 225 Å². The van der Waals surface area contributed by atoms with Gasteiger partial charge in [0, 0.05) is 52.4 Å². The van der Waals surface area contributed by atoms with Crippen LogP contribution in [0.4, 0.5) is 0 Å². The molecule has 20 nitrogen and oxygen atoms in total. The van der Waals surface area contributed by atoms with E-state index in [1.54, 1.807) is 0 Å². The first kappa shape index (κ1) is 37.8. The molecule has 0 spiro atoms. The van der Waals surface area contributed by atoms with Crippen molar-refractivity contribution in [2.45, 2.75) is 0 Å². The van der Waals surface area contributed by atoms with Crippen LogP contribution in [0.25, 0.3) is 0 Å². The van der Waals surface area contributed by atoms with Gasteiger partial charge in [0.05, 0.1) is 50.1 Å². The third kappa shape index (κ3) is 25.3. The first-order chi connectivity index (χ1) is 18.4. The standard InChI is InChI=1S/2C10H16N2O8/c2*13-7(14)3-11(4-8(15)16)1-2-12(5-9(17)18)6-10(19)20/h2*1-6H2,(H,13,14)(H,15,16)(H,17,18)(H,19,20)/p-4. The van der Waals surface area contributed by atoms with E-state index in [4.69, 9.17) is 20.4 Å². The zero-order valence-corrected chi connectivity index (χ0v) is 21.0. The number of carbonyl (C=O) groups is 8. The van der Waals surface area contributed by atoms with E-state index >= 15 is 0 Å². The number of nitrogens with zero attached hydrogens (tertiary/aromatic N) is 4. The van der Waals surface area contributed by atoms with E-state index in [1.807, 2.05) is 0 Å². The largest absolute Gasteiger partial charge is 0.549 e. The fourth-order valence-electron chi connectivity index (χ4n) is 2.92. The van der Waals surface area contributed by atoms with E-state index in [-0.39, 0.29) is 26.2 Å². The molecule has 0 fully saturated rings. The normalized spacial score (nSPS) is 10.7. The van der Waals surface area contributed by atoms with Crippen LogP contribution in [-0.2, 0) is 38.4 Å². The molecule has 0 radical (unpaired) electrons. The van der Waals surface area contributed by atoms with Gasteiger partial charge in [-0.2, -0.15) is 0 Å². The van der Waals surface area contributed by atoms with Crippen LogP contribution < -0.4 is 20.4 Å². The zero-order chi connectivity index (χ0) is 31.4. The maximum atomic E-state index is 10.6. The molecule has 0 saturated carbocycles. The highest BCUT2D eigenvalue weighted by Crippen LogP contribution is 1.95. The van der Waals surface area contributed by atoms with E-state index in [1.165, 1.54) is 0 Å². The fourth-order valence-corrected chi connectivity index (χ4v) is 2.92. The van der Waals surface area contributed by atoms with Crippen molar-refractivity contribution in [3.8, 4) is 0 Å². The van der Waals surface area contributed by atoms with Crippen molar-refractivity contribution in [2.75, 3.05) is 78.5 Å². The van der Waals surface area contributed by atoms with Crippen LogP contribution in [-0.4, -0.2) is 166 Å². The highest BCUT2D eigenvalue weighted by molar-refractivity contribution is 5.73. The molecule has 0 amide bonds. The Morgan fingerprint density at radius 2 is 0.500 bits per heavy atom. The third-order valence-corrected chi connectivity index (χ3v) is 4.31. The second-order valence-electron chi connectivity index (χ2n) is 7.91. The Morgan fingerprint density at radius 1 is 0.350 bits per heavy atom. The SMILES string of the molecule is O=C(O)CN(CCN(CC(=O)O)CC(=O)O)CC(=O)O.O=C([O-])CN(CCN(CC(=O)[O-])CC(=O)[O-])CC(=O)[O-]. The van der Waals surface area contributed by atoms with Gasteiger partial charge in [-0.05, 0) is 0 Å². The zero-order valence-electron chi connectivity index (χ0n) is 21.0. The molecule has 0 unspecified atom stereocenters. The summed E-state index contributed by atoms with van der Waals surface area (Å²) < 4.78 is 0. The van der Waals surface area contributed by atoms with Gasteiger partial charge in [-0.3, -0.25) is 38.8 Å². The molecular weight excluding hydrogens is 552 g/mol. The number of hydrogen-bond acceptors (Lipinski definition) is 16. The van der Waals surface area contributed by atoms with Crippen molar-refractivity contribution in [3.05, 3.63) is 0 Å². The summed E-state index contributed by atoms with van der Waals surface area (Å²) >= 11 is 0. The molecule has 0 bridgehead atoms. The quantitative estimate of drug-likeness (QED) is 0.0923. The predicted octanol–water partition coefficient (Wildman–Crippen LogP) is -9.48. The number of hydrogen-bond donors (Lipinski definition) is 4. The van der Waals surface area contributed by atoms with E-state index in [9.17, 15) is 58.8 Å². The summed E-state index contributed by atoms with van der Waals surface area (Å²) in [6.45, 7) is -5.50. The van der Waals surface area contributed by atoms with Crippen LogP contribution in [0.1, 0.15) is 0 Å². The minimum atomic E-state index is -1.53. The van der Waals surface area contributed by atoms with Gasteiger partial charge in [0.25, 0.3) is 0 Å². The molecule has 0 rings (SSSR count). The highest BCUT2D eigenvalue weighted by Gasteiger charge is 2.18. The van der Waals surface area contributed by atoms with Gasteiger partial charge in [-0.1, -0.05) is 0 Å². The van der Waals surface area contributed by atoms with Crippen molar-refractivity contribution < 1.29 is 79.2 Å². The van der Waals surface area contributed by atoms with Crippen molar-refractivity contribution in [3.63, 3.8) is 0 Å². The molecule has 0 aromatic heterocycles. The third-order valence-electron chi connectivity index (χ3n) is 4.31. The molecule has 40 heavy (non-hydrogen) atoms. The van der Waals surface area contributed by atoms with Crippen LogP contribution >= 0.6 is 0 Å². The lowest BCUT2D eigenvalue weighted by molar-refractivity contribution is -0.314. The number of carboxylic acids is 8. The minimum Gasteiger partial charge on any atom is -0.549 e. The van der Waals surface area contributed by atoms with Crippen LogP contribution in [0.2, 0.25) is 0 Å². The van der Waals surface area contributed by atoms with Crippen LogP contribution in [0.3, 0.4) is 0 Å². The van der Waals surface area contributed by atoms with E-state index in [0.29, 0.717) is 0 Å². The number of aliphatic carboxylic acids is 8. The van der Waals surface area contributed by atoms with Crippen LogP contribution in [0, 0.1) is 0 Å². The Kier molecular flexibility index (Phi) is 19.4. The molecule has 0 aromatic carbocycles. The summed E-state index contributed by atoms with van der Waals surface area (Å²) in [5.74, 6) is -11.0. The van der Waals surface area contributed by atoms with Gasteiger partial charge in [0.2, 0.25) is 0 Å². The Bertz CT molecular complexity index is 703. The second kappa shape index (κ2) is 20.5. The molecule has 0 atom stereocenters. The molecule has 228 valence electrons. The Morgan fingerprint density at radius 3 is 0.625 bits per heavy atom. The minimum absolute atomic E-state index is 0.0703. The number of carbonyl (C=O) groups excluding carboxylic acids is 4. The van der Waals surface area contributed by atoms with Gasteiger partial charge >= 0.3 is 23.9 Å². The molecule has 20 heteroatoms. The summed E-state index contributed by atoms with van der Waals surface area (Å²) in [5.41, 5.74) is 0. The Balaban J connectivity index is 0. The lowest BCUT2D eigenvalue weighted by Gasteiger charge is -2.28. The van der Waals surface area contributed by atoms with Gasteiger partial charge in [-0.15, -0.1) is 0 Å². The lowest BCUT2D eigenvalue weighted by Crippen LogP contribution is -2.50. The van der Waals surface area contributed by atoms with Crippen LogP contribution in [0.15, 0.2) is 0 Å². The summed E-state index contributed by atoms with van der Waals surface area (Å²) in [6.07, 6.45) is 0. The first-order valence-electron chi connectivity index (χ1n) is 11.0. The van der Waals surface area contributed by atoms with Gasteiger partial charge < -0.3 is 60.0 Å². The first-order valence-corrected chi connectivity index (χ1v) is 11.0. The van der Waals surface area contributed by atoms with Gasteiger partial charge in [-0.25, -0.2) is 0 Å². The van der Waals surface area contributed by atoms with Crippen molar-refractivity contribution in [1.29, 1.82) is 0 Å². The summed E-state index contributed by atoms with van der Waals surface area (Å²) in [5, 5.41) is 76.1. The number of rotatable bonds is 22. The molecule has 0 aliphatic carbocycles. The van der Waals surface area contributed by atoms with Gasteiger partial charge in [0.1, 0.15) is 0 Å². The average Bonchev–Trinajstić information content (AvgIpc) is 2.72. The van der Waals surface area contributed by atoms with Crippen molar-refractivity contribution in [1.82, 2.24) is 19.6 Å². The van der Waals surface area contributed by atoms with E-state index in [2.05, 4.69) is 0 Å². The summed E-state index contributed by atoms with van der Waals surface area (Å²) in [6, 6.07) is 0. The molecular formula is C20H28N4O16-4. The molecule has 0 heterocycles. The predicted molar refractivity (Wildman–Crippen MR) is 116 cm³/mol. The maximum absolute atomic E-state index is 10.6. The maximum Gasteiger partial charge on any atom is 0.317 e. The number of carboxylic acid groups (broad SMARTS) is 8. The average molecular weight is 580 g/mol. The summed E-state index contributed by atoms with van der Waals surface area (Å²) in [7, 11) is 0.